The predicted octanol–water partition coefficient (Wildman–Crippen LogP) is 1.63. The Morgan fingerprint density at radius 1 is 1.61 bits per heavy atom. The number of hydrogen-bond donors (Lipinski definition) is 1. The molecular weight excluding hydrogens is 270 g/mol. The summed E-state index contributed by atoms with van der Waals surface area (Å²) in [6.07, 6.45) is 5.42. The summed E-state index contributed by atoms with van der Waals surface area (Å²) in [4.78, 5) is 15.9. The lowest BCUT2D eigenvalue weighted by molar-refractivity contribution is -0.115. The average Bonchev–Trinajstić information content (AvgIpc) is 2.96. The monoisotopic (exact) mass is 283 g/mol. The van der Waals surface area contributed by atoms with Crippen LogP contribution in [0.3, 0.4) is 0 Å². The van der Waals surface area contributed by atoms with Gasteiger partial charge in [0.05, 0.1) is 17.0 Å². The summed E-state index contributed by atoms with van der Waals surface area (Å²) in [5.74, 6) is 0.525. The van der Waals surface area contributed by atoms with Crippen LogP contribution in [-0.2, 0) is 11.8 Å². The highest BCUT2D eigenvalue weighted by Crippen LogP contribution is 2.21. The van der Waals surface area contributed by atoms with Crippen molar-refractivity contribution in [2.24, 2.45) is 7.05 Å². The minimum Gasteiger partial charge on any atom is -0.300 e. The Labute approximate surface area is 113 Å². The van der Waals surface area contributed by atoms with Gasteiger partial charge in [-0.2, -0.15) is 26.2 Å². The molecule has 0 saturated heterocycles. The first-order chi connectivity index (χ1) is 8.60. The highest BCUT2D eigenvalue weighted by Gasteiger charge is 2.14. The number of thioether (sulfide) groups is 1. The minimum atomic E-state index is -0.101. The summed E-state index contributed by atoms with van der Waals surface area (Å²) < 4.78 is 5.88. The molecule has 0 aliphatic carbocycles. The Morgan fingerprint density at radius 3 is 3.00 bits per heavy atom. The molecule has 0 aliphatic rings. The van der Waals surface area contributed by atoms with E-state index < -0.39 is 0 Å². The van der Waals surface area contributed by atoms with Crippen LogP contribution in [0.4, 0.5) is 5.13 Å². The molecule has 1 amide bonds. The first-order valence-corrected chi connectivity index (χ1v) is 7.32. The maximum atomic E-state index is 11.7. The van der Waals surface area contributed by atoms with Crippen LogP contribution in [0.25, 0.3) is 11.4 Å². The normalized spacial score (nSPS) is 12.4. The van der Waals surface area contributed by atoms with Gasteiger partial charge in [0.1, 0.15) is 0 Å². The van der Waals surface area contributed by atoms with Crippen molar-refractivity contribution >= 4 is 34.3 Å². The standard InChI is InChI=1S/C10H13N5OS2/c1-6(17-3)9(16)13-10-12-8(14-18-10)7-4-11-15(2)5-7/h4-6H,1-3H3,(H,12,13,14,16). The van der Waals surface area contributed by atoms with Crippen molar-refractivity contribution in [1.82, 2.24) is 19.1 Å². The molecule has 1 N–H and O–H groups in total. The number of amides is 1. The van der Waals surface area contributed by atoms with Gasteiger partial charge in [-0.15, -0.1) is 0 Å². The van der Waals surface area contributed by atoms with Gasteiger partial charge in [-0.05, 0) is 13.2 Å². The number of nitrogens with zero attached hydrogens (tertiary/aromatic N) is 4. The number of aryl methyl sites for hydroxylation is 1. The third-order valence-electron chi connectivity index (χ3n) is 2.34. The van der Waals surface area contributed by atoms with Crippen LogP contribution in [0.5, 0.6) is 0 Å². The zero-order chi connectivity index (χ0) is 13.1. The van der Waals surface area contributed by atoms with Crippen molar-refractivity contribution in [1.29, 1.82) is 0 Å². The third kappa shape index (κ3) is 2.88. The van der Waals surface area contributed by atoms with Gasteiger partial charge < -0.3 is 0 Å². The smallest absolute Gasteiger partial charge is 0.239 e. The molecule has 0 bridgehead atoms. The molecule has 2 aromatic rings. The molecular formula is C10H13N5OS2. The maximum absolute atomic E-state index is 11.7. The van der Waals surface area contributed by atoms with E-state index in [1.807, 2.05) is 26.4 Å². The Bertz CT molecular complexity index is 550. The molecule has 0 aliphatic heterocycles. The largest absolute Gasteiger partial charge is 0.300 e. The van der Waals surface area contributed by atoms with Crippen molar-refractivity contribution in [2.45, 2.75) is 12.2 Å². The van der Waals surface area contributed by atoms with E-state index in [-0.39, 0.29) is 11.2 Å². The third-order valence-corrected chi connectivity index (χ3v) is 3.89. The van der Waals surface area contributed by atoms with Crippen molar-refractivity contribution < 1.29 is 4.79 Å². The van der Waals surface area contributed by atoms with E-state index in [1.54, 1.807) is 10.9 Å². The lowest BCUT2D eigenvalue weighted by Gasteiger charge is -2.05. The molecule has 6 nitrogen and oxygen atoms in total. The Morgan fingerprint density at radius 2 is 2.39 bits per heavy atom. The molecule has 96 valence electrons. The van der Waals surface area contributed by atoms with E-state index in [1.165, 1.54) is 23.3 Å². The van der Waals surface area contributed by atoms with Crippen molar-refractivity contribution in [3.63, 3.8) is 0 Å². The minimum absolute atomic E-state index is 0.0589. The van der Waals surface area contributed by atoms with E-state index in [4.69, 9.17) is 0 Å². The van der Waals surface area contributed by atoms with Gasteiger partial charge in [-0.3, -0.25) is 14.8 Å². The number of aromatic nitrogens is 4. The van der Waals surface area contributed by atoms with E-state index >= 15 is 0 Å². The Kier molecular flexibility index (Phi) is 3.97. The van der Waals surface area contributed by atoms with Crippen LogP contribution in [0.1, 0.15) is 6.92 Å². The topological polar surface area (TPSA) is 72.7 Å². The van der Waals surface area contributed by atoms with Gasteiger partial charge in [0.15, 0.2) is 5.82 Å². The molecule has 2 heterocycles. The van der Waals surface area contributed by atoms with Gasteiger partial charge in [-0.25, -0.2) is 0 Å². The molecule has 0 fully saturated rings. The Balaban J connectivity index is 2.09. The fraction of sp³-hybridized carbons (Fsp3) is 0.400. The molecule has 1 unspecified atom stereocenters. The first-order valence-electron chi connectivity index (χ1n) is 5.26. The number of hydrogen-bond acceptors (Lipinski definition) is 6. The molecule has 0 aromatic carbocycles. The summed E-state index contributed by atoms with van der Waals surface area (Å²) in [6.45, 7) is 1.85. The molecule has 1 atom stereocenters. The van der Waals surface area contributed by atoms with Gasteiger partial charge in [0, 0.05) is 24.8 Å². The summed E-state index contributed by atoms with van der Waals surface area (Å²) in [7, 11) is 1.83. The predicted molar refractivity (Wildman–Crippen MR) is 73.7 cm³/mol. The quantitative estimate of drug-likeness (QED) is 0.923. The zero-order valence-electron chi connectivity index (χ0n) is 10.2. The molecule has 0 saturated carbocycles. The van der Waals surface area contributed by atoms with E-state index in [0.29, 0.717) is 11.0 Å². The Hall–Kier alpha value is -1.41. The molecule has 2 rings (SSSR count). The summed E-state index contributed by atoms with van der Waals surface area (Å²) >= 11 is 2.66. The van der Waals surface area contributed by atoms with Crippen molar-refractivity contribution in [2.75, 3.05) is 11.6 Å². The summed E-state index contributed by atoms with van der Waals surface area (Å²) in [6, 6.07) is 0. The first kappa shape index (κ1) is 13.0. The van der Waals surface area contributed by atoms with Crippen LogP contribution >= 0.6 is 23.3 Å². The fourth-order valence-electron chi connectivity index (χ4n) is 1.24. The number of anilines is 1. The van der Waals surface area contributed by atoms with E-state index in [0.717, 1.165) is 5.56 Å². The van der Waals surface area contributed by atoms with Crippen LogP contribution in [-0.4, -0.2) is 36.6 Å². The number of rotatable bonds is 4. The summed E-state index contributed by atoms with van der Waals surface area (Å²) in [5, 5.41) is 7.22. The van der Waals surface area contributed by atoms with Crippen molar-refractivity contribution in [3.05, 3.63) is 12.4 Å². The lowest BCUT2D eigenvalue weighted by atomic mass is 10.3. The van der Waals surface area contributed by atoms with E-state index in [9.17, 15) is 4.79 Å². The highest BCUT2D eigenvalue weighted by molar-refractivity contribution is 7.99. The number of carbonyl (C=O) groups excluding carboxylic acids is 1. The highest BCUT2D eigenvalue weighted by atomic mass is 32.2. The number of carbonyl (C=O) groups is 1. The van der Waals surface area contributed by atoms with Crippen LogP contribution < -0.4 is 5.32 Å². The van der Waals surface area contributed by atoms with Crippen LogP contribution in [0, 0.1) is 0 Å². The van der Waals surface area contributed by atoms with Gasteiger partial charge >= 0.3 is 0 Å². The second-order valence-electron chi connectivity index (χ2n) is 3.69. The number of nitrogens with one attached hydrogen (secondary N) is 1. The molecule has 2 aromatic heterocycles. The zero-order valence-corrected chi connectivity index (χ0v) is 11.9. The second kappa shape index (κ2) is 5.49. The van der Waals surface area contributed by atoms with Gasteiger partial charge in [-0.1, -0.05) is 0 Å². The van der Waals surface area contributed by atoms with Crippen LogP contribution in [0.15, 0.2) is 12.4 Å². The van der Waals surface area contributed by atoms with Gasteiger partial charge in [0.25, 0.3) is 0 Å². The molecule has 18 heavy (non-hydrogen) atoms. The average molecular weight is 283 g/mol. The fourth-order valence-corrected chi connectivity index (χ4v) is 2.11. The molecule has 0 spiro atoms. The van der Waals surface area contributed by atoms with Gasteiger partial charge in [0.2, 0.25) is 11.0 Å². The van der Waals surface area contributed by atoms with Crippen LogP contribution in [0.2, 0.25) is 0 Å². The molecule has 0 radical (unpaired) electrons. The summed E-state index contributed by atoms with van der Waals surface area (Å²) in [5.41, 5.74) is 0.840. The lowest BCUT2D eigenvalue weighted by Crippen LogP contribution is -2.21. The molecule has 8 heteroatoms. The van der Waals surface area contributed by atoms with Crippen molar-refractivity contribution in [3.8, 4) is 11.4 Å². The SMILES string of the molecule is CSC(C)C(=O)Nc1nc(-c2cnn(C)c2)ns1. The maximum Gasteiger partial charge on any atom is 0.239 e. The van der Waals surface area contributed by atoms with E-state index in [2.05, 4.69) is 19.8 Å². The second-order valence-corrected chi connectivity index (χ2v) is 5.62.